The molecule has 2 aromatic carbocycles. The summed E-state index contributed by atoms with van der Waals surface area (Å²) in [5.74, 6) is -0.435. The lowest BCUT2D eigenvalue weighted by Gasteiger charge is -2.33. The van der Waals surface area contributed by atoms with E-state index in [0.29, 0.717) is 10.7 Å². The highest BCUT2D eigenvalue weighted by atomic mass is 35.5. The van der Waals surface area contributed by atoms with E-state index in [2.05, 4.69) is 22.3 Å². The number of benzene rings is 2. The Kier molecular flexibility index (Phi) is 5.96. The highest BCUT2D eigenvalue weighted by molar-refractivity contribution is 6.30. The Labute approximate surface area is 197 Å². The summed E-state index contributed by atoms with van der Waals surface area (Å²) in [5, 5.41) is 13.2. The number of aliphatic hydroxyl groups is 1. The molecular formula is C26H26ClN3O3. The van der Waals surface area contributed by atoms with E-state index in [-0.39, 0.29) is 23.3 Å². The first kappa shape index (κ1) is 21.7. The molecule has 0 saturated carbocycles. The highest BCUT2D eigenvalue weighted by Crippen LogP contribution is 2.39. The zero-order valence-corrected chi connectivity index (χ0v) is 19.0. The van der Waals surface area contributed by atoms with Crippen LogP contribution in [0.4, 0.5) is 11.4 Å². The van der Waals surface area contributed by atoms with Crippen molar-refractivity contribution in [3.63, 3.8) is 0 Å². The summed E-state index contributed by atoms with van der Waals surface area (Å²) >= 11 is 5.91. The highest BCUT2D eigenvalue weighted by Gasteiger charge is 2.30. The molecule has 1 fully saturated rings. The molecule has 2 N–H and O–H groups in total. The van der Waals surface area contributed by atoms with E-state index in [0.717, 1.165) is 44.3 Å². The van der Waals surface area contributed by atoms with Crippen LogP contribution >= 0.6 is 11.6 Å². The van der Waals surface area contributed by atoms with Gasteiger partial charge in [-0.3, -0.25) is 9.59 Å². The first-order valence-corrected chi connectivity index (χ1v) is 11.7. The van der Waals surface area contributed by atoms with Gasteiger partial charge in [0.2, 0.25) is 0 Å². The van der Waals surface area contributed by atoms with Gasteiger partial charge < -0.3 is 19.9 Å². The predicted octanol–water partition coefficient (Wildman–Crippen LogP) is 4.25. The average Bonchev–Trinajstić information content (AvgIpc) is 3.25. The van der Waals surface area contributed by atoms with Crippen LogP contribution in [-0.4, -0.2) is 34.8 Å². The number of hydrogen-bond donors (Lipinski definition) is 2. The fourth-order valence-electron chi connectivity index (χ4n) is 4.97. The summed E-state index contributed by atoms with van der Waals surface area (Å²) in [7, 11) is 0. The maximum absolute atomic E-state index is 13.3. The van der Waals surface area contributed by atoms with Gasteiger partial charge in [0.25, 0.3) is 11.5 Å². The van der Waals surface area contributed by atoms with Crippen molar-refractivity contribution < 1.29 is 9.90 Å². The Morgan fingerprint density at radius 3 is 2.52 bits per heavy atom. The third-order valence-electron chi connectivity index (χ3n) is 6.68. The second-order valence-corrected chi connectivity index (χ2v) is 9.15. The van der Waals surface area contributed by atoms with E-state index in [1.807, 2.05) is 6.07 Å². The molecule has 1 unspecified atom stereocenters. The van der Waals surface area contributed by atoms with Crippen molar-refractivity contribution in [3.8, 4) is 0 Å². The lowest BCUT2D eigenvalue weighted by molar-refractivity contribution is 0.102. The van der Waals surface area contributed by atoms with Gasteiger partial charge in [-0.2, -0.15) is 0 Å². The van der Waals surface area contributed by atoms with E-state index in [1.54, 1.807) is 47.2 Å². The molecule has 2 aliphatic rings. The Bertz CT molecular complexity index is 1230. The van der Waals surface area contributed by atoms with Crippen molar-refractivity contribution in [1.82, 2.24) is 4.57 Å². The van der Waals surface area contributed by atoms with Crippen LogP contribution < -0.4 is 15.8 Å². The molecule has 1 aromatic heterocycles. The van der Waals surface area contributed by atoms with Crippen LogP contribution in [0.5, 0.6) is 0 Å². The molecule has 1 amide bonds. The Balaban J connectivity index is 1.43. The molecule has 0 radical (unpaired) electrons. The summed E-state index contributed by atoms with van der Waals surface area (Å²) in [6, 6.07) is 16.3. The first-order chi connectivity index (χ1) is 16.0. The second kappa shape index (κ2) is 9.04. The molecule has 2 heterocycles. The second-order valence-electron chi connectivity index (χ2n) is 8.71. The molecule has 6 nitrogen and oxygen atoms in total. The summed E-state index contributed by atoms with van der Waals surface area (Å²) < 4.78 is 1.69. The Morgan fingerprint density at radius 2 is 1.76 bits per heavy atom. The lowest BCUT2D eigenvalue weighted by atomic mass is 10.0. The maximum Gasteiger partial charge on any atom is 0.263 e. The number of hydrogen-bond acceptors (Lipinski definition) is 4. The van der Waals surface area contributed by atoms with Gasteiger partial charge in [0, 0.05) is 35.7 Å². The fraction of sp³-hybridized carbons (Fsp3) is 0.308. The molecule has 3 aromatic rings. The van der Waals surface area contributed by atoms with Gasteiger partial charge >= 0.3 is 0 Å². The van der Waals surface area contributed by atoms with Gasteiger partial charge in [-0.1, -0.05) is 23.7 Å². The fourth-order valence-corrected chi connectivity index (χ4v) is 5.09. The van der Waals surface area contributed by atoms with Crippen LogP contribution in [0, 0.1) is 0 Å². The molecule has 33 heavy (non-hydrogen) atoms. The quantitative estimate of drug-likeness (QED) is 0.606. The summed E-state index contributed by atoms with van der Waals surface area (Å²) in [6.45, 7) is 1.67. The van der Waals surface area contributed by atoms with Crippen molar-refractivity contribution >= 4 is 28.9 Å². The zero-order valence-electron chi connectivity index (χ0n) is 18.2. The number of aromatic nitrogens is 1. The van der Waals surface area contributed by atoms with Gasteiger partial charge in [-0.25, -0.2) is 0 Å². The van der Waals surface area contributed by atoms with E-state index in [4.69, 9.17) is 11.6 Å². The van der Waals surface area contributed by atoms with Gasteiger partial charge in [-0.15, -0.1) is 0 Å². The zero-order chi connectivity index (χ0) is 22.9. The van der Waals surface area contributed by atoms with Gasteiger partial charge in [-0.05, 0) is 79.3 Å². The molecule has 0 bridgehead atoms. The number of nitrogens with one attached hydrogen (secondary N) is 1. The number of amides is 1. The topological polar surface area (TPSA) is 74.6 Å². The van der Waals surface area contributed by atoms with E-state index >= 15 is 0 Å². The Hall–Kier alpha value is -3.09. The number of pyridine rings is 1. The van der Waals surface area contributed by atoms with Crippen LogP contribution in [0.3, 0.4) is 0 Å². The minimum absolute atomic E-state index is 0.105. The van der Waals surface area contributed by atoms with Crippen molar-refractivity contribution in [1.29, 1.82) is 0 Å². The van der Waals surface area contributed by atoms with Crippen molar-refractivity contribution in [3.05, 3.63) is 92.9 Å². The first-order valence-electron chi connectivity index (χ1n) is 11.3. The van der Waals surface area contributed by atoms with E-state index < -0.39 is 5.91 Å². The molecule has 170 valence electrons. The standard InChI is InChI=1S/C26H26ClN3O3/c27-17-6-8-18(9-7-17)28-25(32)22-4-2-14-30(26(22)33)24-11-10-21-20(24)3-1-5-23(21)29-15-12-19(31)13-16-29/h1-9,14,19,24,31H,10-13,15-16H2,(H,28,32). The van der Waals surface area contributed by atoms with Crippen molar-refractivity contribution in [2.45, 2.75) is 37.8 Å². The number of carbonyl (C=O) groups is 1. The number of piperidine rings is 1. The molecule has 7 heteroatoms. The third-order valence-corrected chi connectivity index (χ3v) is 6.93. The molecular weight excluding hydrogens is 438 g/mol. The van der Waals surface area contributed by atoms with Crippen LogP contribution in [0.2, 0.25) is 5.02 Å². The number of aliphatic hydroxyl groups excluding tert-OH is 1. The van der Waals surface area contributed by atoms with Crippen LogP contribution in [-0.2, 0) is 6.42 Å². The SMILES string of the molecule is O=C(Nc1ccc(Cl)cc1)c1cccn(C2CCc3c2cccc3N2CCC(O)CC2)c1=O. The predicted molar refractivity (Wildman–Crippen MR) is 130 cm³/mol. The van der Waals surface area contributed by atoms with Gasteiger partial charge in [0.05, 0.1) is 12.1 Å². The Morgan fingerprint density at radius 1 is 1.00 bits per heavy atom. The smallest absolute Gasteiger partial charge is 0.263 e. The number of carbonyl (C=O) groups excluding carboxylic acids is 1. The number of nitrogens with zero attached hydrogens (tertiary/aromatic N) is 2. The maximum atomic E-state index is 13.3. The number of anilines is 2. The largest absolute Gasteiger partial charge is 0.393 e. The van der Waals surface area contributed by atoms with Crippen LogP contribution in [0.1, 0.15) is 46.8 Å². The van der Waals surface area contributed by atoms with Crippen molar-refractivity contribution in [2.75, 3.05) is 23.3 Å². The monoisotopic (exact) mass is 463 g/mol. The number of rotatable bonds is 4. The number of fused-ring (bicyclic) bond motifs is 1. The molecule has 0 spiro atoms. The van der Waals surface area contributed by atoms with Crippen LogP contribution in [0.15, 0.2) is 65.6 Å². The van der Waals surface area contributed by atoms with E-state index in [9.17, 15) is 14.7 Å². The summed E-state index contributed by atoms with van der Waals surface area (Å²) in [6.07, 6.45) is 4.79. The molecule has 5 rings (SSSR count). The average molecular weight is 464 g/mol. The van der Waals surface area contributed by atoms with Gasteiger partial charge in [0.1, 0.15) is 5.56 Å². The molecule has 1 saturated heterocycles. The minimum Gasteiger partial charge on any atom is -0.393 e. The summed E-state index contributed by atoms with van der Waals surface area (Å²) in [5.41, 5.74) is 4.00. The molecule has 1 aliphatic carbocycles. The summed E-state index contributed by atoms with van der Waals surface area (Å²) in [4.78, 5) is 28.5. The number of halogens is 1. The van der Waals surface area contributed by atoms with Crippen molar-refractivity contribution in [2.24, 2.45) is 0 Å². The van der Waals surface area contributed by atoms with Gasteiger partial charge in [0.15, 0.2) is 0 Å². The lowest BCUT2D eigenvalue weighted by Crippen LogP contribution is -2.36. The third kappa shape index (κ3) is 4.28. The minimum atomic E-state index is -0.435. The normalized spacial score (nSPS) is 18.2. The van der Waals surface area contributed by atoms with Crippen LogP contribution in [0.25, 0.3) is 0 Å². The molecule has 1 aliphatic heterocycles. The molecule has 1 atom stereocenters. The van der Waals surface area contributed by atoms with E-state index in [1.165, 1.54) is 11.3 Å².